The summed E-state index contributed by atoms with van der Waals surface area (Å²) < 4.78 is 4.61. The molecule has 0 aliphatic carbocycles. The van der Waals surface area contributed by atoms with Crippen LogP contribution in [0.2, 0.25) is 0 Å². The molecule has 0 atom stereocenters. The van der Waals surface area contributed by atoms with Crippen molar-refractivity contribution < 1.29 is 19.2 Å². The van der Waals surface area contributed by atoms with Crippen LogP contribution < -0.4 is 0 Å². The van der Waals surface area contributed by atoms with Crippen LogP contribution in [0, 0.1) is 10.1 Å². The van der Waals surface area contributed by atoms with E-state index < -0.39 is 16.7 Å². The first kappa shape index (κ1) is 13.6. The number of hydrogen-bond donors (Lipinski definition) is 0. The highest BCUT2D eigenvalue weighted by Crippen LogP contribution is 2.12. The van der Waals surface area contributed by atoms with Crippen LogP contribution in [0.4, 0.5) is 5.69 Å². The Morgan fingerprint density at radius 2 is 1.89 bits per heavy atom. The highest BCUT2D eigenvalue weighted by Gasteiger charge is 2.07. The van der Waals surface area contributed by atoms with E-state index in [-0.39, 0.29) is 17.9 Å². The Hall–Kier alpha value is -2.50. The number of nitro groups is 1. The Bertz CT molecular complexity index is 490. The number of hydrogen-bond acceptors (Lipinski definition) is 5. The molecule has 1 aromatic rings. The Labute approximate surface area is 103 Å². The minimum absolute atomic E-state index is 0.0964. The molecule has 0 radical (unpaired) electrons. The van der Waals surface area contributed by atoms with Crippen LogP contribution in [0.1, 0.15) is 17.3 Å². The fourth-order valence-electron chi connectivity index (χ4n) is 1.18. The van der Waals surface area contributed by atoms with E-state index in [1.54, 1.807) is 6.92 Å². The maximum Gasteiger partial charge on any atom is 0.330 e. The van der Waals surface area contributed by atoms with Gasteiger partial charge in [-0.15, -0.1) is 0 Å². The number of esters is 1. The Kier molecular flexibility index (Phi) is 4.74. The third-order valence-corrected chi connectivity index (χ3v) is 2.02. The van der Waals surface area contributed by atoms with E-state index in [4.69, 9.17) is 0 Å². The lowest BCUT2D eigenvalue weighted by Crippen LogP contribution is -2.01. The molecule has 0 amide bonds. The molecule has 1 aromatic carbocycles. The molecule has 0 heterocycles. The molecule has 0 bridgehead atoms. The summed E-state index contributed by atoms with van der Waals surface area (Å²) in [5.41, 5.74) is 0.169. The van der Waals surface area contributed by atoms with Gasteiger partial charge in [0.05, 0.1) is 11.5 Å². The normalized spacial score (nSPS) is 10.3. The first-order valence-electron chi connectivity index (χ1n) is 5.18. The van der Waals surface area contributed by atoms with Crippen molar-refractivity contribution in [2.45, 2.75) is 6.92 Å². The third-order valence-electron chi connectivity index (χ3n) is 2.02. The molecule has 0 aliphatic rings. The summed E-state index contributed by atoms with van der Waals surface area (Å²) in [5.74, 6) is -1.02. The molecule has 0 N–H and O–H groups in total. The van der Waals surface area contributed by atoms with E-state index in [0.717, 1.165) is 12.2 Å². The van der Waals surface area contributed by atoms with Crippen molar-refractivity contribution in [1.82, 2.24) is 0 Å². The van der Waals surface area contributed by atoms with Gasteiger partial charge >= 0.3 is 5.97 Å². The van der Waals surface area contributed by atoms with Gasteiger partial charge in [0.15, 0.2) is 5.78 Å². The number of nitro benzene ring substituents is 1. The number of rotatable bonds is 5. The maximum atomic E-state index is 11.6. The SMILES string of the molecule is CCOC(=O)/C=C/C(=O)c1ccc([N+](=O)[O-])cc1. The van der Waals surface area contributed by atoms with E-state index >= 15 is 0 Å². The van der Waals surface area contributed by atoms with Crippen molar-refractivity contribution in [1.29, 1.82) is 0 Å². The standard InChI is InChI=1S/C12H11NO5/c1-2-18-12(15)8-7-11(14)9-3-5-10(6-4-9)13(16)17/h3-8H,2H2,1H3/b8-7+. The minimum Gasteiger partial charge on any atom is -0.463 e. The number of carbonyl (C=O) groups excluding carboxylic acids is 2. The van der Waals surface area contributed by atoms with E-state index in [2.05, 4.69) is 4.74 Å². The van der Waals surface area contributed by atoms with Gasteiger partial charge in [-0.2, -0.15) is 0 Å². The number of non-ortho nitro benzene ring substituents is 1. The highest BCUT2D eigenvalue weighted by molar-refractivity contribution is 6.07. The first-order valence-corrected chi connectivity index (χ1v) is 5.18. The van der Waals surface area contributed by atoms with Crippen molar-refractivity contribution >= 4 is 17.4 Å². The van der Waals surface area contributed by atoms with Gasteiger partial charge in [0, 0.05) is 23.8 Å². The number of benzene rings is 1. The molecule has 94 valence electrons. The van der Waals surface area contributed by atoms with Gasteiger partial charge in [0.1, 0.15) is 0 Å². The summed E-state index contributed by atoms with van der Waals surface area (Å²) >= 11 is 0. The zero-order valence-corrected chi connectivity index (χ0v) is 9.66. The molecule has 6 nitrogen and oxygen atoms in total. The van der Waals surface area contributed by atoms with E-state index in [1.165, 1.54) is 24.3 Å². The predicted octanol–water partition coefficient (Wildman–Crippen LogP) is 1.90. The summed E-state index contributed by atoms with van der Waals surface area (Å²) in [6.45, 7) is 1.89. The van der Waals surface area contributed by atoms with Crippen LogP contribution in [0.25, 0.3) is 0 Å². The Morgan fingerprint density at radius 1 is 1.28 bits per heavy atom. The van der Waals surface area contributed by atoms with E-state index in [1.807, 2.05) is 0 Å². The van der Waals surface area contributed by atoms with Gasteiger partial charge in [-0.1, -0.05) is 0 Å². The molecule has 0 spiro atoms. The molecular formula is C12H11NO5. The fourth-order valence-corrected chi connectivity index (χ4v) is 1.18. The molecular weight excluding hydrogens is 238 g/mol. The summed E-state index contributed by atoms with van der Waals surface area (Å²) in [5, 5.41) is 10.4. The molecule has 18 heavy (non-hydrogen) atoms. The minimum atomic E-state index is -0.604. The topological polar surface area (TPSA) is 86.5 Å². The number of nitrogens with zero attached hydrogens (tertiary/aromatic N) is 1. The van der Waals surface area contributed by atoms with Crippen LogP contribution in [-0.2, 0) is 9.53 Å². The van der Waals surface area contributed by atoms with E-state index in [9.17, 15) is 19.7 Å². The zero-order chi connectivity index (χ0) is 13.5. The lowest BCUT2D eigenvalue weighted by Gasteiger charge is -1.96. The monoisotopic (exact) mass is 249 g/mol. The lowest BCUT2D eigenvalue weighted by atomic mass is 10.1. The molecule has 0 unspecified atom stereocenters. The van der Waals surface area contributed by atoms with Crippen LogP contribution in [0.5, 0.6) is 0 Å². The summed E-state index contributed by atoms with van der Waals surface area (Å²) in [6.07, 6.45) is 2.09. The number of allylic oxidation sites excluding steroid dienone is 1. The average Bonchev–Trinajstić information content (AvgIpc) is 2.36. The van der Waals surface area contributed by atoms with Gasteiger partial charge in [0.2, 0.25) is 0 Å². The highest BCUT2D eigenvalue weighted by atomic mass is 16.6. The fraction of sp³-hybridized carbons (Fsp3) is 0.167. The largest absolute Gasteiger partial charge is 0.463 e. The number of carbonyl (C=O) groups is 2. The van der Waals surface area contributed by atoms with Crippen LogP contribution in [0.3, 0.4) is 0 Å². The third kappa shape index (κ3) is 3.82. The van der Waals surface area contributed by atoms with Gasteiger partial charge in [-0.3, -0.25) is 14.9 Å². The second kappa shape index (κ2) is 6.29. The summed E-state index contributed by atoms with van der Waals surface area (Å²) in [7, 11) is 0. The number of ether oxygens (including phenoxy) is 1. The summed E-state index contributed by atoms with van der Waals surface area (Å²) in [6, 6.07) is 5.11. The second-order valence-corrected chi connectivity index (χ2v) is 3.25. The van der Waals surface area contributed by atoms with E-state index in [0.29, 0.717) is 0 Å². The second-order valence-electron chi connectivity index (χ2n) is 3.25. The molecule has 0 saturated heterocycles. The average molecular weight is 249 g/mol. The van der Waals surface area contributed by atoms with Gasteiger partial charge in [-0.05, 0) is 25.1 Å². The van der Waals surface area contributed by atoms with Crippen LogP contribution in [-0.4, -0.2) is 23.3 Å². The molecule has 1 rings (SSSR count). The van der Waals surface area contributed by atoms with Crippen molar-refractivity contribution in [3.8, 4) is 0 Å². The molecule has 0 aromatic heterocycles. The zero-order valence-electron chi connectivity index (χ0n) is 9.66. The van der Waals surface area contributed by atoms with Crippen molar-refractivity contribution in [2.75, 3.05) is 6.61 Å². The van der Waals surface area contributed by atoms with Gasteiger partial charge in [-0.25, -0.2) is 4.79 Å². The lowest BCUT2D eigenvalue weighted by molar-refractivity contribution is -0.384. The van der Waals surface area contributed by atoms with Crippen LogP contribution in [0.15, 0.2) is 36.4 Å². The van der Waals surface area contributed by atoms with Crippen LogP contribution >= 0.6 is 0 Å². The van der Waals surface area contributed by atoms with Crippen molar-refractivity contribution in [2.24, 2.45) is 0 Å². The number of ketones is 1. The predicted molar refractivity (Wildman–Crippen MR) is 63.2 cm³/mol. The van der Waals surface area contributed by atoms with Crippen molar-refractivity contribution in [3.63, 3.8) is 0 Å². The molecule has 0 aliphatic heterocycles. The first-order chi connectivity index (χ1) is 8.54. The summed E-state index contributed by atoms with van der Waals surface area (Å²) in [4.78, 5) is 32.4. The Balaban J connectivity index is 2.73. The molecule has 0 saturated carbocycles. The van der Waals surface area contributed by atoms with Gasteiger partial charge < -0.3 is 4.74 Å². The Morgan fingerprint density at radius 3 is 2.39 bits per heavy atom. The molecule has 0 fully saturated rings. The quantitative estimate of drug-likeness (QED) is 0.261. The maximum absolute atomic E-state index is 11.6. The molecule has 6 heteroatoms. The van der Waals surface area contributed by atoms with Crippen molar-refractivity contribution in [3.05, 3.63) is 52.1 Å². The smallest absolute Gasteiger partial charge is 0.330 e. The van der Waals surface area contributed by atoms with Gasteiger partial charge in [0.25, 0.3) is 5.69 Å².